The molecule has 2 heteroatoms. The van der Waals surface area contributed by atoms with Crippen LogP contribution >= 0.6 is 0 Å². The topological polar surface area (TPSA) is 37.3 Å². The summed E-state index contributed by atoms with van der Waals surface area (Å²) in [5.41, 5.74) is -0.426. The van der Waals surface area contributed by atoms with E-state index >= 15 is 0 Å². The number of carboxylic acids is 1. The highest BCUT2D eigenvalue weighted by Gasteiger charge is 2.36. The largest absolute Gasteiger partial charge is 0.481 e. The third-order valence-electron chi connectivity index (χ3n) is 3.42. The van der Waals surface area contributed by atoms with E-state index < -0.39 is 11.4 Å². The van der Waals surface area contributed by atoms with Crippen LogP contribution in [0.3, 0.4) is 0 Å². The number of carboxylic acid groups (broad SMARTS) is 1. The van der Waals surface area contributed by atoms with Crippen LogP contribution < -0.4 is 0 Å². The first-order chi connectivity index (χ1) is 6.08. The molecule has 1 rings (SSSR count). The molecule has 0 aromatic carbocycles. The molecule has 0 heterocycles. The molecule has 1 aliphatic rings. The standard InChI is InChI=1S/C11H20O2/c1-3-4-9-5-7-11(2,8-6-9)10(12)13/h9H,3-8H2,1-2H3,(H,12,13). The third-order valence-corrected chi connectivity index (χ3v) is 3.42. The summed E-state index contributed by atoms with van der Waals surface area (Å²) >= 11 is 0. The summed E-state index contributed by atoms with van der Waals surface area (Å²) in [5.74, 6) is 0.180. The molecule has 1 N–H and O–H groups in total. The highest BCUT2D eigenvalue weighted by Crippen LogP contribution is 2.40. The van der Waals surface area contributed by atoms with Gasteiger partial charge in [0.2, 0.25) is 0 Å². The van der Waals surface area contributed by atoms with Crippen molar-refractivity contribution in [2.45, 2.75) is 52.4 Å². The van der Waals surface area contributed by atoms with Gasteiger partial charge in [0.25, 0.3) is 0 Å². The average molecular weight is 184 g/mol. The molecule has 0 amide bonds. The van der Waals surface area contributed by atoms with Gasteiger partial charge in [-0.15, -0.1) is 0 Å². The lowest BCUT2D eigenvalue weighted by Crippen LogP contribution is -2.32. The zero-order chi connectivity index (χ0) is 9.90. The maximum absolute atomic E-state index is 10.9. The van der Waals surface area contributed by atoms with E-state index in [1.807, 2.05) is 6.92 Å². The Bertz CT molecular complexity index is 179. The van der Waals surface area contributed by atoms with Gasteiger partial charge in [-0.2, -0.15) is 0 Å². The van der Waals surface area contributed by atoms with E-state index in [-0.39, 0.29) is 0 Å². The highest BCUT2D eigenvalue weighted by atomic mass is 16.4. The van der Waals surface area contributed by atoms with Crippen molar-refractivity contribution in [3.05, 3.63) is 0 Å². The monoisotopic (exact) mass is 184 g/mol. The molecule has 2 nitrogen and oxygen atoms in total. The van der Waals surface area contributed by atoms with Crippen molar-refractivity contribution in [3.8, 4) is 0 Å². The molecule has 1 aliphatic carbocycles. The lowest BCUT2D eigenvalue weighted by molar-refractivity contribution is -0.150. The molecule has 13 heavy (non-hydrogen) atoms. The van der Waals surface area contributed by atoms with Crippen molar-refractivity contribution in [1.29, 1.82) is 0 Å². The van der Waals surface area contributed by atoms with Crippen molar-refractivity contribution < 1.29 is 9.90 Å². The molecule has 1 fully saturated rings. The predicted molar refractivity (Wildman–Crippen MR) is 52.6 cm³/mol. The number of hydrogen-bond acceptors (Lipinski definition) is 1. The molecule has 76 valence electrons. The van der Waals surface area contributed by atoms with Gasteiger partial charge in [-0.3, -0.25) is 4.79 Å². The molecule has 0 spiro atoms. The molecule has 0 aromatic heterocycles. The lowest BCUT2D eigenvalue weighted by atomic mass is 9.71. The summed E-state index contributed by atoms with van der Waals surface area (Å²) in [6.45, 7) is 4.09. The van der Waals surface area contributed by atoms with Gasteiger partial charge >= 0.3 is 5.97 Å². The average Bonchev–Trinajstić information content (AvgIpc) is 2.09. The zero-order valence-electron chi connectivity index (χ0n) is 8.68. The van der Waals surface area contributed by atoms with Crippen LogP contribution in [0.15, 0.2) is 0 Å². The van der Waals surface area contributed by atoms with Crippen molar-refractivity contribution in [2.24, 2.45) is 11.3 Å². The van der Waals surface area contributed by atoms with Gasteiger partial charge in [-0.25, -0.2) is 0 Å². The molecule has 0 radical (unpaired) electrons. The number of rotatable bonds is 3. The van der Waals surface area contributed by atoms with Gasteiger partial charge < -0.3 is 5.11 Å². The molecule has 1 saturated carbocycles. The fraction of sp³-hybridized carbons (Fsp3) is 0.909. The van der Waals surface area contributed by atoms with Gasteiger partial charge in [0.15, 0.2) is 0 Å². The van der Waals surface area contributed by atoms with Crippen LogP contribution in [0, 0.1) is 11.3 Å². The Hall–Kier alpha value is -0.530. The predicted octanol–water partition coefficient (Wildman–Crippen LogP) is 3.07. The minimum absolute atomic E-state index is 0.426. The molecule has 0 unspecified atom stereocenters. The Morgan fingerprint density at radius 1 is 1.46 bits per heavy atom. The van der Waals surface area contributed by atoms with Crippen LogP contribution in [0.4, 0.5) is 0 Å². The Balaban J connectivity index is 2.42. The SMILES string of the molecule is CCCC1CCC(C)(C(=O)O)CC1. The second kappa shape index (κ2) is 4.12. The van der Waals surface area contributed by atoms with Crippen LogP contribution in [0.2, 0.25) is 0 Å². The minimum Gasteiger partial charge on any atom is -0.481 e. The highest BCUT2D eigenvalue weighted by molar-refractivity contribution is 5.74. The van der Waals surface area contributed by atoms with Crippen LogP contribution in [0.25, 0.3) is 0 Å². The van der Waals surface area contributed by atoms with Crippen LogP contribution in [-0.2, 0) is 4.79 Å². The molecule has 0 bridgehead atoms. The molecular formula is C11H20O2. The first-order valence-electron chi connectivity index (χ1n) is 5.32. The number of carbonyl (C=O) groups is 1. The number of hydrogen-bond donors (Lipinski definition) is 1. The van der Waals surface area contributed by atoms with E-state index in [1.165, 1.54) is 12.8 Å². The van der Waals surface area contributed by atoms with E-state index in [2.05, 4.69) is 6.92 Å². The van der Waals surface area contributed by atoms with Crippen LogP contribution in [-0.4, -0.2) is 11.1 Å². The van der Waals surface area contributed by atoms with E-state index in [0.717, 1.165) is 31.6 Å². The second-order valence-corrected chi connectivity index (χ2v) is 4.60. The van der Waals surface area contributed by atoms with Gasteiger partial charge in [0.1, 0.15) is 0 Å². The summed E-state index contributed by atoms with van der Waals surface area (Å²) in [7, 11) is 0. The van der Waals surface area contributed by atoms with Gasteiger partial charge in [-0.1, -0.05) is 19.8 Å². The minimum atomic E-state index is -0.609. The summed E-state index contributed by atoms with van der Waals surface area (Å²) < 4.78 is 0. The van der Waals surface area contributed by atoms with E-state index in [0.29, 0.717) is 0 Å². The Morgan fingerprint density at radius 3 is 2.38 bits per heavy atom. The first kappa shape index (κ1) is 10.6. The summed E-state index contributed by atoms with van der Waals surface area (Å²) in [6, 6.07) is 0. The van der Waals surface area contributed by atoms with E-state index in [9.17, 15) is 4.79 Å². The Labute approximate surface area is 80.3 Å². The molecule has 0 saturated heterocycles. The Morgan fingerprint density at radius 2 is 2.00 bits per heavy atom. The van der Waals surface area contributed by atoms with E-state index in [1.54, 1.807) is 0 Å². The normalized spacial score (nSPS) is 34.5. The zero-order valence-corrected chi connectivity index (χ0v) is 8.68. The third kappa shape index (κ3) is 2.45. The fourth-order valence-corrected chi connectivity index (χ4v) is 2.23. The maximum atomic E-state index is 10.9. The van der Waals surface area contributed by atoms with Crippen LogP contribution in [0.1, 0.15) is 52.4 Å². The van der Waals surface area contributed by atoms with Gasteiger partial charge in [0.05, 0.1) is 5.41 Å². The van der Waals surface area contributed by atoms with E-state index in [4.69, 9.17) is 5.11 Å². The van der Waals surface area contributed by atoms with Crippen molar-refractivity contribution >= 4 is 5.97 Å². The summed E-state index contributed by atoms with van der Waals surface area (Å²) in [5, 5.41) is 9.01. The first-order valence-corrected chi connectivity index (χ1v) is 5.32. The quantitative estimate of drug-likeness (QED) is 0.732. The molecular weight excluding hydrogens is 164 g/mol. The smallest absolute Gasteiger partial charge is 0.309 e. The second-order valence-electron chi connectivity index (χ2n) is 4.60. The Kier molecular flexibility index (Phi) is 3.34. The molecule has 0 atom stereocenters. The van der Waals surface area contributed by atoms with Crippen molar-refractivity contribution in [2.75, 3.05) is 0 Å². The summed E-state index contributed by atoms with van der Waals surface area (Å²) in [4.78, 5) is 10.9. The maximum Gasteiger partial charge on any atom is 0.309 e. The van der Waals surface area contributed by atoms with Crippen molar-refractivity contribution in [1.82, 2.24) is 0 Å². The van der Waals surface area contributed by atoms with Gasteiger partial charge in [-0.05, 0) is 38.5 Å². The molecule has 0 aliphatic heterocycles. The molecule has 0 aromatic rings. The number of aliphatic carboxylic acids is 1. The summed E-state index contributed by atoms with van der Waals surface area (Å²) in [6.07, 6.45) is 6.46. The van der Waals surface area contributed by atoms with Crippen LogP contribution in [0.5, 0.6) is 0 Å². The lowest BCUT2D eigenvalue weighted by Gasteiger charge is -2.33. The fourth-order valence-electron chi connectivity index (χ4n) is 2.23. The van der Waals surface area contributed by atoms with Gasteiger partial charge in [0, 0.05) is 0 Å². The van der Waals surface area contributed by atoms with Crippen molar-refractivity contribution in [3.63, 3.8) is 0 Å².